The van der Waals surface area contributed by atoms with Gasteiger partial charge in [-0.3, -0.25) is 9.59 Å². The second-order valence-corrected chi connectivity index (χ2v) is 4.70. The van der Waals surface area contributed by atoms with E-state index < -0.39 is 0 Å². The molecule has 0 bridgehead atoms. The zero-order valence-corrected chi connectivity index (χ0v) is 10.4. The summed E-state index contributed by atoms with van der Waals surface area (Å²) < 4.78 is 4.76. The van der Waals surface area contributed by atoms with Crippen LogP contribution >= 0.6 is 11.3 Å². The van der Waals surface area contributed by atoms with E-state index in [1.807, 2.05) is 18.4 Å². The van der Waals surface area contributed by atoms with Crippen LogP contribution in [-0.4, -0.2) is 18.4 Å². The lowest BCUT2D eigenvalue weighted by atomic mass is 10.1. The highest BCUT2D eigenvalue weighted by Gasteiger charge is 2.09. The highest BCUT2D eigenvalue weighted by atomic mass is 32.1. The second kappa shape index (κ2) is 6.43. The molecule has 0 aliphatic carbocycles. The molecule has 0 unspecified atom stereocenters. The number of rotatable bonds is 6. The second-order valence-electron chi connectivity index (χ2n) is 3.59. The summed E-state index contributed by atoms with van der Waals surface area (Å²) in [4.78, 5) is 23.8. The molecular formula is C12H16O3S. The Balaban J connectivity index is 2.28. The van der Waals surface area contributed by atoms with E-state index in [-0.39, 0.29) is 24.6 Å². The molecule has 0 aliphatic rings. The molecule has 0 N–H and O–H groups in total. The van der Waals surface area contributed by atoms with Crippen LogP contribution in [0.15, 0.2) is 11.4 Å². The number of carbonyl (C=O) groups is 2. The molecule has 0 amide bonds. The zero-order valence-electron chi connectivity index (χ0n) is 9.62. The summed E-state index contributed by atoms with van der Waals surface area (Å²) in [5.41, 5.74) is 1.04. The van der Waals surface area contributed by atoms with Gasteiger partial charge in [0.05, 0.1) is 13.0 Å². The summed E-state index contributed by atoms with van der Waals surface area (Å²) >= 11 is 1.64. The van der Waals surface area contributed by atoms with Gasteiger partial charge in [-0.1, -0.05) is 0 Å². The maximum absolute atomic E-state index is 11.5. The Morgan fingerprint density at radius 3 is 2.69 bits per heavy atom. The van der Waals surface area contributed by atoms with E-state index in [9.17, 15) is 9.59 Å². The van der Waals surface area contributed by atoms with Crippen LogP contribution in [0.4, 0.5) is 0 Å². The Labute approximate surface area is 99.4 Å². The standard InChI is InChI=1S/C12H16O3S/c1-3-15-12(14)5-4-11(13)7-10-6-9(2)16-8-10/h6,8H,3-5,7H2,1-2H3. The van der Waals surface area contributed by atoms with Crippen LogP contribution in [0.3, 0.4) is 0 Å². The minimum atomic E-state index is -0.294. The lowest BCUT2D eigenvalue weighted by molar-refractivity contribution is -0.144. The van der Waals surface area contributed by atoms with Crippen molar-refractivity contribution in [1.82, 2.24) is 0 Å². The number of ether oxygens (including phenoxy) is 1. The average molecular weight is 240 g/mol. The quantitative estimate of drug-likeness (QED) is 0.718. The first kappa shape index (κ1) is 12.9. The first-order valence-corrected chi connectivity index (χ1v) is 6.21. The summed E-state index contributed by atoms with van der Waals surface area (Å²) in [6.45, 7) is 4.14. The number of thiophene rings is 1. The zero-order chi connectivity index (χ0) is 12.0. The lowest BCUT2D eigenvalue weighted by Gasteiger charge is -2.00. The molecule has 16 heavy (non-hydrogen) atoms. The van der Waals surface area contributed by atoms with Gasteiger partial charge in [-0.15, -0.1) is 11.3 Å². The van der Waals surface area contributed by atoms with Crippen LogP contribution in [0.25, 0.3) is 0 Å². The van der Waals surface area contributed by atoms with Crippen molar-refractivity contribution in [2.75, 3.05) is 6.61 Å². The van der Waals surface area contributed by atoms with Gasteiger partial charge in [0.15, 0.2) is 0 Å². The van der Waals surface area contributed by atoms with Crippen LogP contribution < -0.4 is 0 Å². The smallest absolute Gasteiger partial charge is 0.306 e. The van der Waals surface area contributed by atoms with E-state index in [4.69, 9.17) is 4.74 Å². The van der Waals surface area contributed by atoms with Gasteiger partial charge >= 0.3 is 5.97 Å². The molecule has 0 fully saturated rings. The van der Waals surface area contributed by atoms with Crippen molar-refractivity contribution in [3.63, 3.8) is 0 Å². The molecule has 0 saturated heterocycles. The summed E-state index contributed by atoms with van der Waals surface area (Å²) in [7, 11) is 0. The third-order valence-electron chi connectivity index (χ3n) is 2.10. The van der Waals surface area contributed by atoms with Crippen molar-refractivity contribution in [3.05, 3.63) is 21.9 Å². The molecular weight excluding hydrogens is 224 g/mol. The number of aryl methyl sites for hydroxylation is 1. The van der Waals surface area contributed by atoms with Gasteiger partial charge < -0.3 is 4.74 Å². The van der Waals surface area contributed by atoms with Crippen LogP contribution in [0.2, 0.25) is 0 Å². The molecule has 0 saturated carbocycles. The molecule has 0 radical (unpaired) electrons. The fourth-order valence-electron chi connectivity index (χ4n) is 1.38. The van der Waals surface area contributed by atoms with Gasteiger partial charge in [-0.2, -0.15) is 0 Å². The molecule has 0 spiro atoms. The summed E-state index contributed by atoms with van der Waals surface area (Å²) in [6.07, 6.45) is 0.882. The minimum absolute atomic E-state index is 0.0888. The van der Waals surface area contributed by atoms with E-state index in [0.29, 0.717) is 13.0 Å². The number of hydrogen-bond acceptors (Lipinski definition) is 4. The van der Waals surface area contributed by atoms with E-state index in [0.717, 1.165) is 5.56 Å². The van der Waals surface area contributed by atoms with Crippen LogP contribution in [0, 0.1) is 6.92 Å². The van der Waals surface area contributed by atoms with E-state index >= 15 is 0 Å². The monoisotopic (exact) mass is 240 g/mol. The van der Waals surface area contributed by atoms with Gasteiger partial charge in [0.25, 0.3) is 0 Å². The Hall–Kier alpha value is -1.16. The van der Waals surface area contributed by atoms with Crippen molar-refractivity contribution in [3.8, 4) is 0 Å². The van der Waals surface area contributed by atoms with Crippen LogP contribution in [0.5, 0.6) is 0 Å². The number of carbonyl (C=O) groups excluding carboxylic acids is 2. The predicted octanol–water partition coefficient (Wildman–Crippen LogP) is 2.51. The first-order chi connectivity index (χ1) is 7.61. The maximum atomic E-state index is 11.5. The predicted molar refractivity (Wildman–Crippen MR) is 63.6 cm³/mol. The van der Waals surface area contributed by atoms with Gasteiger partial charge in [0.1, 0.15) is 5.78 Å². The van der Waals surface area contributed by atoms with Gasteiger partial charge in [-0.05, 0) is 30.9 Å². The number of ketones is 1. The molecule has 3 nitrogen and oxygen atoms in total. The highest BCUT2D eigenvalue weighted by molar-refractivity contribution is 7.10. The Morgan fingerprint density at radius 1 is 1.38 bits per heavy atom. The minimum Gasteiger partial charge on any atom is -0.466 e. The largest absolute Gasteiger partial charge is 0.466 e. The fraction of sp³-hybridized carbons (Fsp3) is 0.500. The molecule has 88 valence electrons. The Morgan fingerprint density at radius 2 is 2.12 bits per heavy atom. The summed E-state index contributed by atoms with van der Waals surface area (Å²) in [5, 5.41) is 1.98. The topological polar surface area (TPSA) is 43.4 Å². The van der Waals surface area contributed by atoms with Crippen molar-refractivity contribution in [1.29, 1.82) is 0 Å². The molecule has 4 heteroatoms. The van der Waals surface area contributed by atoms with Gasteiger partial charge in [0.2, 0.25) is 0 Å². The molecule has 1 aromatic heterocycles. The van der Waals surface area contributed by atoms with E-state index in [2.05, 4.69) is 0 Å². The molecule has 1 aromatic rings. The van der Waals surface area contributed by atoms with Crippen molar-refractivity contribution in [2.24, 2.45) is 0 Å². The highest BCUT2D eigenvalue weighted by Crippen LogP contribution is 2.14. The van der Waals surface area contributed by atoms with Gasteiger partial charge in [-0.25, -0.2) is 0 Å². The molecule has 1 rings (SSSR count). The van der Waals surface area contributed by atoms with Crippen LogP contribution in [-0.2, 0) is 20.7 Å². The lowest BCUT2D eigenvalue weighted by Crippen LogP contribution is -2.09. The molecule has 0 aromatic carbocycles. The number of hydrogen-bond donors (Lipinski definition) is 0. The fourth-order valence-corrected chi connectivity index (χ4v) is 2.09. The van der Waals surface area contributed by atoms with Gasteiger partial charge in [0, 0.05) is 17.7 Å². The SMILES string of the molecule is CCOC(=O)CCC(=O)Cc1csc(C)c1. The summed E-state index contributed by atoms with van der Waals surface area (Å²) in [6, 6.07) is 2.01. The third kappa shape index (κ3) is 4.57. The maximum Gasteiger partial charge on any atom is 0.306 e. The summed E-state index contributed by atoms with van der Waals surface area (Å²) in [5.74, 6) is -0.205. The Bertz CT molecular complexity index is 368. The normalized spacial score (nSPS) is 10.1. The average Bonchev–Trinajstić information content (AvgIpc) is 2.61. The first-order valence-electron chi connectivity index (χ1n) is 5.33. The number of esters is 1. The van der Waals surface area contributed by atoms with Crippen LogP contribution in [0.1, 0.15) is 30.2 Å². The van der Waals surface area contributed by atoms with E-state index in [1.54, 1.807) is 18.3 Å². The van der Waals surface area contributed by atoms with Crippen molar-refractivity contribution >= 4 is 23.1 Å². The van der Waals surface area contributed by atoms with Crippen molar-refractivity contribution < 1.29 is 14.3 Å². The molecule has 0 atom stereocenters. The number of Topliss-reactive ketones (excluding diaryl/α,β-unsaturated/α-hetero) is 1. The Kier molecular flexibility index (Phi) is 5.19. The van der Waals surface area contributed by atoms with Crippen molar-refractivity contribution in [2.45, 2.75) is 33.1 Å². The molecule has 1 heterocycles. The molecule has 0 aliphatic heterocycles. The van der Waals surface area contributed by atoms with E-state index in [1.165, 1.54) is 4.88 Å². The third-order valence-corrected chi connectivity index (χ3v) is 3.01.